The van der Waals surface area contributed by atoms with Gasteiger partial charge in [0.1, 0.15) is 11.4 Å². The number of anilines is 1. The Morgan fingerprint density at radius 1 is 1.16 bits per heavy atom. The molecule has 9 nitrogen and oxygen atoms in total. The van der Waals surface area contributed by atoms with Crippen molar-refractivity contribution in [2.75, 3.05) is 31.1 Å². The van der Waals surface area contributed by atoms with Crippen LogP contribution in [0.15, 0.2) is 42.7 Å². The predicted octanol–water partition coefficient (Wildman–Crippen LogP) is 2.84. The van der Waals surface area contributed by atoms with Crippen molar-refractivity contribution in [1.82, 2.24) is 9.88 Å². The van der Waals surface area contributed by atoms with Gasteiger partial charge in [-0.2, -0.15) is 0 Å². The molecule has 32 heavy (non-hydrogen) atoms. The number of aromatic nitrogens is 1. The number of benzene rings is 1. The number of nitrogens with zero attached hydrogens (tertiary/aromatic N) is 3. The number of ether oxygens (including phenoxy) is 2. The lowest BCUT2D eigenvalue weighted by Crippen LogP contribution is -2.48. The number of hydrogen-bond donors (Lipinski definition) is 3. The van der Waals surface area contributed by atoms with Crippen LogP contribution < -0.4 is 15.4 Å². The molecule has 0 bridgehead atoms. The molecular weight excluding hydrogens is 410 g/mol. The molecule has 4 rings (SSSR count). The minimum absolute atomic E-state index is 0.0767. The highest BCUT2D eigenvalue weighted by molar-refractivity contribution is 5.75. The number of nitrogens with two attached hydrogens (primary N) is 1. The van der Waals surface area contributed by atoms with E-state index in [4.69, 9.17) is 20.6 Å². The van der Waals surface area contributed by atoms with Crippen LogP contribution in [0.2, 0.25) is 0 Å². The van der Waals surface area contributed by atoms with E-state index in [1.54, 1.807) is 12.4 Å². The van der Waals surface area contributed by atoms with Gasteiger partial charge in [0, 0.05) is 63.5 Å². The van der Waals surface area contributed by atoms with Crippen LogP contribution in [0.25, 0.3) is 0 Å². The van der Waals surface area contributed by atoms with E-state index < -0.39 is 11.8 Å². The second-order valence-corrected chi connectivity index (χ2v) is 8.33. The molecule has 0 spiro atoms. The quantitative estimate of drug-likeness (QED) is 0.356. The molecule has 1 aromatic carbocycles. The highest BCUT2D eigenvalue weighted by atomic mass is 16.7. The third-order valence-corrected chi connectivity index (χ3v) is 6.36. The fraction of sp³-hybridized carbons (Fsp3) is 0.435. The van der Waals surface area contributed by atoms with Crippen LogP contribution in [-0.4, -0.2) is 58.9 Å². The number of fused-ring (bicyclic) bond motifs is 1. The normalized spacial score (nSPS) is 17.4. The summed E-state index contributed by atoms with van der Waals surface area (Å²) in [5, 5.41) is 17.0. The van der Waals surface area contributed by atoms with Crippen molar-refractivity contribution < 1.29 is 19.4 Å². The summed E-state index contributed by atoms with van der Waals surface area (Å²) in [6, 6.07) is 9.90. The Labute approximate surface area is 187 Å². The highest BCUT2D eigenvalue weighted by Gasteiger charge is 2.38. The lowest BCUT2D eigenvalue weighted by molar-refractivity contribution is -0.0451. The van der Waals surface area contributed by atoms with Crippen LogP contribution in [0, 0.1) is 5.41 Å². The summed E-state index contributed by atoms with van der Waals surface area (Å²) in [6.07, 6.45) is 4.80. The number of nitrogens with one attached hydrogen (secondary N) is 1. The van der Waals surface area contributed by atoms with Crippen molar-refractivity contribution in [3.05, 3.63) is 53.9 Å². The van der Waals surface area contributed by atoms with Crippen LogP contribution in [0.5, 0.6) is 5.75 Å². The van der Waals surface area contributed by atoms with E-state index in [1.165, 1.54) is 5.56 Å². The van der Waals surface area contributed by atoms with Crippen LogP contribution in [0.3, 0.4) is 0 Å². The Morgan fingerprint density at radius 2 is 1.91 bits per heavy atom. The molecule has 2 aliphatic heterocycles. The summed E-state index contributed by atoms with van der Waals surface area (Å²) < 4.78 is 11.4. The number of carboxylic acid groups (broad SMARTS) is 1. The summed E-state index contributed by atoms with van der Waals surface area (Å²) in [4.78, 5) is 19.5. The molecule has 170 valence electrons. The van der Waals surface area contributed by atoms with Crippen LogP contribution in [0.4, 0.5) is 10.5 Å². The van der Waals surface area contributed by atoms with Crippen molar-refractivity contribution in [1.29, 1.82) is 5.41 Å². The average Bonchev–Trinajstić information content (AvgIpc) is 2.79. The van der Waals surface area contributed by atoms with Gasteiger partial charge in [0.2, 0.25) is 0 Å². The van der Waals surface area contributed by atoms with Crippen LogP contribution >= 0.6 is 0 Å². The van der Waals surface area contributed by atoms with E-state index in [0.717, 1.165) is 30.0 Å². The molecule has 0 unspecified atom stereocenters. The number of carbonyl (C=O) groups is 1. The first kappa shape index (κ1) is 21.7. The number of pyridine rings is 1. The minimum atomic E-state index is -1.25. The Balaban J connectivity index is 1.36. The van der Waals surface area contributed by atoms with E-state index in [2.05, 4.69) is 16.0 Å². The fourth-order valence-electron chi connectivity index (χ4n) is 4.50. The molecule has 1 fully saturated rings. The topological polar surface area (TPSA) is 125 Å². The van der Waals surface area contributed by atoms with Crippen molar-refractivity contribution in [3.63, 3.8) is 0 Å². The Kier molecular flexibility index (Phi) is 6.34. The SMILES string of the molecule is N=C(N)N1CCc2ccc(OCCC3(OC(=O)O)CCN(c4ccncc4)CC3)cc2C1. The second kappa shape index (κ2) is 9.33. The van der Waals surface area contributed by atoms with Gasteiger partial charge in [0.15, 0.2) is 5.96 Å². The molecule has 0 aliphatic carbocycles. The zero-order valence-electron chi connectivity index (χ0n) is 18.0. The third-order valence-electron chi connectivity index (χ3n) is 6.36. The summed E-state index contributed by atoms with van der Waals surface area (Å²) in [6.45, 7) is 3.11. The van der Waals surface area contributed by atoms with Crippen molar-refractivity contribution in [3.8, 4) is 5.75 Å². The molecule has 2 aromatic rings. The molecule has 1 saturated heterocycles. The molecule has 0 saturated carbocycles. The standard InChI is InChI=1S/C23H29N5O4/c24-21(25)28-11-5-17-1-2-20(15-18(17)16-28)31-14-8-23(32-22(29)30)6-12-27(13-7-23)19-3-9-26-10-4-19/h1-4,9-10,15H,5-8,11-14,16H2,(H3,24,25)(H,29,30). The van der Waals surface area contributed by atoms with E-state index in [1.807, 2.05) is 29.2 Å². The van der Waals surface area contributed by atoms with E-state index in [9.17, 15) is 9.90 Å². The summed E-state index contributed by atoms with van der Waals surface area (Å²) in [7, 11) is 0. The van der Waals surface area contributed by atoms with Crippen LogP contribution in [0.1, 0.15) is 30.4 Å². The van der Waals surface area contributed by atoms with Gasteiger partial charge in [0.25, 0.3) is 0 Å². The van der Waals surface area contributed by atoms with E-state index in [0.29, 0.717) is 45.5 Å². The second-order valence-electron chi connectivity index (χ2n) is 8.33. The number of guanidine groups is 1. The van der Waals surface area contributed by atoms with Gasteiger partial charge in [-0.05, 0) is 41.8 Å². The number of piperidine rings is 1. The first-order chi connectivity index (χ1) is 15.4. The van der Waals surface area contributed by atoms with Gasteiger partial charge in [-0.1, -0.05) is 6.07 Å². The molecule has 3 heterocycles. The number of hydrogen-bond acceptors (Lipinski definition) is 6. The molecule has 9 heteroatoms. The van der Waals surface area contributed by atoms with Crippen molar-refractivity contribution in [2.24, 2.45) is 5.73 Å². The van der Waals surface area contributed by atoms with Gasteiger partial charge in [-0.3, -0.25) is 10.4 Å². The molecule has 1 aromatic heterocycles. The molecule has 2 aliphatic rings. The van der Waals surface area contributed by atoms with E-state index >= 15 is 0 Å². The highest BCUT2D eigenvalue weighted by Crippen LogP contribution is 2.33. The van der Waals surface area contributed by atoms with Gasteiger partial charge in [-0.25, -0.2) is 4.79 Å². The number of rotatable bonds is 6. The first-order valence-electron chi connectivity index (χ1n) is 10.8. The molecular formula is C23H29N5O4. The lowest BCUT2D eigenvalue weighted by atomic mass is 9.88. The molecule has 0 amide bonds. The first-order valence-corrected chi connectivity index (χ1v) is 10.8. The maximum atomic E-state index is 11.4. The minimum Gasteiger partial charge on any atom is -0.493 e. The van der Waals surface area contributed by atoms with Crippen molar-refractivity contribution in [2.45, 2.75) is 37.8 Å². The third kappa shape index (κ3) is 5.04. The maximum absolute atomic E-state index is 11.4. The Bertz CT molecular complexity index is 960. The lowest BCUT2D eigenvalue weighted by Gasteiger charge is -2.41. The fourth-order valence-corrected chi connectivity index (χ4v) is 4.50. The van der Waals surface area contributed by atoms with Gasteiger partial charge >= 0.3 is 6.16 Å². The predicted molar refractivity (Wildman–Crippen MR) is 120 cm³/mol. The monoisotopic (exact) mass is 439 g/mol. The van der Waals surface area contributed by atoms with Crippen molar-refractivity contribution >= 4 is 17.8 Å². The Hall–Kier alpha value is -3.49. The maximum Gasteiger partial charge on any atom is 0.506 e. The molecule has 0 radical (unpaired) electrons. The van der Waals surface area contributed by atoms with E-state index in [-0.39, 0.29) is 5.96 Å². The zero-order chi connectivity index (χ0) is 22.6. The Morgan fingerprint density at radius 3 is 2.59 bits per heavy atom. The van der Waals surface area contributed by atoms with Gasteiger partial charge in [-0.15, -0.1) is 0 Å². The molecule has 4 N–H and O–H groups in total. The molecule has 0 atom stereocenters. The summed E-state index contributed by atoms with van der Waals surface area (Å²) in [5.41, 5.74) is 8.30. The smallest absolute Gasteiger partial charge is 0.493 e. The zero-order valence-corrected chi connectivity index (χ0v) is 18.0. The average molecular weight is 440 g/mol. The van der Waals surface area contributed by atoms with Gasteiger partial charge < -0.3 is 30.1 Å². The largest absolute Gasteiger partial charge is 0.506 e. The summed E-state index contributed by atoms with van der Waals surface area (Å²) in [5.74, 6) is 0.807. The van der Waals surface area contributed by atoms with Crippen LogP contribution in [-0.2, 0) is 17.7 Å². The van der Waals surface area contributed by atoms with Gasteiger partial charge in [0.05, 0.1) is 6.61 Å². The summed E-state index contributed by atoms with van der Waals surface area (Å²) >= 11 is 0.